The van der Waals surface area contributed by atoms with Crippen molar-refractivity contribution < 1.29 is 4.79 Å². The molecule has 0 bridgehead atoms. The zero-order valence-electron chi connectivity index (χ0n) is 9.33. The highest BCUT2D eigenvalue weighted by Crippen LogP contribution is 2.29. The number of nitrogens with zero attached hydrogens (tertiary/aromatic N) is 1. The Morgan fingerprint density at radius 2 is 2.38 bits per heavy atom. The van der Waals surface area contributed by atoms with Crippen LogP contribution in [0.2, 0.25) is 0 Å². The summed E-state index contributed by atoms with van der Waals surface area (Å²) in [4.78, 5) is 15.1. The first-order chi connectivity index (χ1) is 7.59. The van der Waals surface area contributed by atoms with Gasteiger partial charge in [-0.25, -0.2) is 0 Å². The summed E-state index contributed by atoms with van der Waals surface area (Å²) in [5.74, 6) is 2.30. The number of thioether (sulfide) groups is 1. The molecule has 0 spiro atoms. The summed E-state index contributed by atoms with van der Waals surface area (Å²) in [5, 5.41) is 0. The van der Waals surface area contributed by atoms with Gasteiger partial charge in [0.05, 0.1) is 8.66 Å². The van der Waals surface area contributed by atoms with E-state index in [0.29, 0.717) is 6.04 Å². The van der Waals surface area contributed by atoms with Gasteiger partial charge < -0.3 is 4.90 Å². The Balaban J connectivity index is 2.17. The van der Waals surface area contributed by atoms with Gasteiger partial charge in [0.25, 0.3) is 5.91 Å². The molecule has 1 aromatic heterocycles. The number of halogens is 1. The normalized spacial score (nSPS) is 21.2. The van der Waals surface area contributed by atoms with Gasteiger partial charge in [-0.1, -0.05) is 0 Å². The van der Waals surface area contributed by atoms with E-state index >= 15 is 0 Å². The van der Waals surface area contributed by atoms with Crippen molar-refractivity contribution in [1.82, 2.24) is 4.90 Å². The molecule has 1 atom stereocenters. The third kappa shape index (κ3) is 2.46. The molecule has 0 N–H and O–H groups in total. The number of amides is 1. The molecule has 0 saturated carbocycles. The van der Waals surface area contributed by atoms with E-state index in [1.807, 2.05) is 29.7 Å². The fraction of sp³-hybridized carbons (Fsp3) is 0.545. The molecule has 5 heteroatoms. The Morgan fingerprint density at radius 3 is 2.94 bits per heavy atom. The molecule has 1 saturated heterocycles. The zero-order chi connectivity index (χ0) is 11.7. The van der Waals surface area contributed by atoms with Crippen LogP contribution in [0, 0.1) is 6.92 Å². The molecule has 2 rings (SSSR count). The number of hydrogen-bond acceptors (Lipinski definition) is 3. The molecule has 1 fully saturated rings. The summed E-state index contributed by atoms with van der Waals surface area (Å²) in [6, 6.07) is 2.33. The Bertz CT molecular complexity index is 385. The Labute approximate surface area is 113 Å². The number of thiophene rings is 1. The van der Waals surface area contributed by atoms with Crippen molar-refractivity contribution in [3.8, 4) is 0 Å². The summed E-state index contributed by atoms with van der Waals surface area (Å²) >= 11 is 6.93. The second-order valence-corrected chi connectivity index (χ2v) is 7.51. The van der Waals surface area contributed by atoms with E-state index in [9.17, 15) is 4.79 Å². The van der Waals surface area contributed by atoms with Gasteiger partial charge in [0.1, 0.15) is 0 Å². The van der Waals surface area contributed by atoms with Crippen LogP contribution in [-0.4, -0.2) is 34.9 Å². The molecule has 1 amide bonds. The molecule has 1 aromatic rings. The van der Waals surface area contributed by atoms with E-state index in [1.54, 1.807) is 0 Å². The smallest absolute Gasteiger partial charge is 0.264 e. The third-order valence-electron chi connectivity index (χ3n) is 2.70. The maximum atomic E-state index is 12.3. The van der Waals surface area contributed by atoms with Crippen molar-refractivity contribution in [2.75, 3.05) is 18.1 Å². The van der Waals surface area contributed by atoms with Gasteiger partial charge in [-0.2, -0.15) is 11.8 Å². The van der Waals surface area contributed by atoms with Gasteiger partial charge in [-0.15, -0.1) is 11.3 Å². The van der Waals surface area contributed by atoms with E-state index in [4.69, 9.17) is 0 Å². The number of carbonyl (C=O) groups excluding carboxylic acids is 1. The molecule has 0 aromatic carbocycles. The summed E-state index contributed by atoms with van der Waals surface area (Å²) in [7, 11) is 0. The Kier molecular flexibility index (Phi) is 3.97. The van der Waals surface area contributed by atoms with Gasteiger partial charge in [0.2, 0.25) is 0 Å². The maximum Gasteiger partial charge on any atom is 0.264 e. The van der Waals surface area contributed by atoms with Crippen molar-refractivity contribution in [3.05, 3.63) is 20.3 Å². The Morgan fingerprint density at radius 1 is 1.62 bits per heavy atom. The van der Waals surface area contributed by atoms with Crippen LogP contribution in [0.25, 0.3) is 0 Å². The molecule has 1 aliphatic rings. The molecular weight excluding hydrogens is 306 g/mol. The second-order valence-electron chi connectivity index (χ2n) is 3.99. The number of carbonyl (C=O) groups is 1. The highest BCUT2D eigenvalue weighted by atomic mass is 79.9. The monoisotopic (exact) mass is 319 g/mol. The fourth-order valence-corrected chi connectivity index (χ4v) is 4.24. The first kappa shape index (κ1) is 12.5. The van der Waals surface area contributed by atoms with E-state index in [-0.39, 0.29) is 5.91 Å². The van der Waals surface area contributed by atoms with Crippen molar-refractivity contribution >= 4 is 44.9 Å². The van der Waals surface area contributed by atoms with E-state index in [2.05, 4.69) is 22.9 Å². The highest BCUT2D eigenvalue weighted by molar-refractivity contribution is 9.11. The minimum absolute atomic E-state index is 0.187. The summed E-state index contributed by atoms with van der Waals surface area (Å²) in [6.45, 7) is 5.02. The standard InChI is InChI=1S/C11H14BrNOS2/c1-7-5-9(16-10(7)12)11(14)13-3-4-15-6-8(13)2/h5,8H,3-4,6H2,1-2H3. The summed E-state index contributed by atoms with van der Waals surface area (Å²) in [6.07, 6.45) is 0. The van der Waals surface area contributed by atoms with Crippen molar-refractivity contribution in [1.29, 1.82) is 0 Å². The summed E-state index contributed by atoms with van der Waals surface area (Å²) in [5.41, 5.74) is 1.15. The number of hydrogen-bond donors (Lipinski definition) is 0. The number of rotatable bonds is 1. The second kappa shape index (κ2) is 5.10. The van der Waals surface area contributed by atoms with E-state index < -0.39 is 0 Å². The van der Waals surface area contributed by atoms with Crippen molar-refractivity contribution in [2.24, 2.45) is 0 Å². The van der Waals surface area contributed by atoms with Gasteiger partial charge in [-0.05, 0) is 41.4 Å². The molecule has 16 heavy (non-hydrogen) atoms. The van der Waals surface area contributed by atoms with Gasteiger partial charge in [-0.3, -0.25) is 4.79 Å². The lowest BCUT2D eigenvalue weighted by Gasteiger charge is -2.32. The average Bonchev–Trinajstić information content (AvgIpc) is 2.59. The molecule has 0 radical (unpaired) electrons. The van der Waals surface area contributed by atoms with Crippen molar-refractivity contribution in [2.45, 2.75) is 19.9 Å². The summed E-state index contributed by atoms with van der Waals surface area (Å²) < 4.78 is 1.06. The van der Waals surface area contributed by atoms with Crippen LogP contribution in [0.5, 0.6) is 0 Å². The topological polar surface area (TPSA) is 20.3 Å². The van der Waals surface area contributed by atoms with Crippen LogP contribution < -0.4 is 0 Å². The minimum atomic E-state index is 0.187. The Hall–Kier alpha value is 0. The van der Waals surface area contributed by atoms with Crippen LogP contribution in [0.4, 0.5) is 0 Å². The van der Waals surface area contributed by atoms with E-state index in [1.165, 1.54) is 11.3 Å². The molecule has 88 valence electrons. The van der Waals surface area contributed by atoms with Gasteiger partial charge in [0.15, 0.2) is 0 Å². The minimum Gasteiger partial charge on any atom is -0.334 e. The molecule has 1 unspecified atom stereocenters. The van der Waals surface area contributed by atoms with Crippen LogP contribution in [0.1, 0.15) is 22.2 Å². The highest BCUT2D eigenvalue weighted by Gasteiger charge is 2.25. The fourth-order valence-electron chi connectivity index (χ4n) is 1.74. The average molecular weight is 320 g/mol. The first-order valence-electron chi connectivity index (χ1n) is 5.24. The largest absolute Gasteiger partial charge is 0.334 e. The maximum absolute atomic E-state index is 12.3. The zero-order valence-corrected chi connectivity index (χ0v) is 12.5. The van der Waals surface area contributed by atoms with Gasteiger partial charge >= 0.3 is 0 Å². The lowest BCUT2D eigenvalue weighted by atomic mass is 10.2. The van der Waals surface area contributed by atoms with Crippen LogP contribution in [-0.2, 0) is 0 Å². The molecule has 2 heterocycles. The quantitative estimate of drug-likeness (QED) is 0.790. The van der Waals surface area contributed by atoms with Gasteiger partial charge in [0, 0.05) is 24.1 Å². The van der Waals surface area contributed by atoms with Crippen molar-refractivity contribution in [3.63, 3.8) is 0 Å². The lowest BCUT2D eigenvalue weighted by molar-refractivity contribution is 0.0721. The van der Waals surface area contributed by atoms with E-state index in [0.717, 1.165) is 32.3 Å². The SMILES string of the molecule is Cc1cc(C(=O)N2CCSCC2C)sc1Br. The lowest BCUT2D eigenvalue weighted by Crippen LogP contribution is -2.44. The van der Waals surface area contributed by atoms with Crippen LogP contribution in [0.15, 0.2) is 9.85 Å². The van der Waals surface area contributed by atoms with Crippen LogP contribution in [0.3, 0.4) is 0 Å². The molecule has 0 aliphatic carbocycles. The number of aryl methyl sites for hydroxylation is 1. The van der Waals surface area contributed by atoms with Crippen LogP contribution >= 0.6 is 39.0 Å². The predicted molar refractivity (Wildman–Crippen MR) is 74.6 cm³/mol. The predicted octanol–water partition coefficient (Wildman–Crippen LogP) is 3.40. The molecule has 2 nitrogen and oxygen atoms in total. The molecule has 1 aliphatic heterocycles. The molecular formula is C11H14BrNOS2. The third-order valence-corrected chi connectivity index (χ3v) is 6.01. The first-order valence-corrected chi connectivity index (χ1v) is 8.00.